The maximum absolute atomic E-state index is 12.3. The van der Waals surface area contributed by atoms with E-state index in [4.69, 9.17) is 4.74 Å². The molecule has 23 heavy (non-hydrogen) atoms. The zero-order chi connectivity index (χ0) is 16.4. The van der Waals surface area contributed by atoms with Crippen molar-refractivity contribution in [3.05, 3.63) is 21.7 Å². The summed E-state index contributed by atoms with van der Waals surface area (Å²) >= 11 is 3.67. The molecule has 1 saturated carbocycles. The van der Waals surface area contributed by atoms with Gasteiger partial charge in [0.1, 0.15) is 5.78 Å². The number of benzene rings is 1. The minimum absolute atomic E-state index is 0.221. The number of nitrogens with zero attached hydrogens (tertiary/aromatic N) is 1. The van der Waals surface area contributed by atoms with Gasteiger partial charge in [-0.2, -0.15) is 0 Å². The third-order valence-electron chi connectivity index (χ3n) is 6.35. The second-order valence-corrected chi connectivity index (χ2v) is 8.14. The lowest BCUT2D eigenvalue weighted by Gasteiger charge is -2.58. The number of halogens is 1. The number of carbonyl (C=O) groups is 1. The van der Waals surface area contributed by atoms with Crippen LogP contribution in [-0.2, 0) is 16.6 Å². The standard InChI is InChI=1S/C18H22BrNO3/c1-20-6-5-18-9-10(21)3-4-12(18)14(20)7-11-13(19)8-15(23-2)17(22)16(11)18/h8,12,14,22H,3-7,9H2,1-2H3/t12-,14-,18+/m0/s1. The third-order valence-corrected chi connectivity index (χ3v) is 7.05. The average molecular weight is 380 g/mol. The number of phenolic OH excluding ortho intramolecular Hbond substituents is 1. The van der Waals surface area contributed by atoms with Crippen LogP contribution in [0.1, 0.15) is 36.8 Å². The Bertz CT molecular complexity index is 689. The van der Waals surface area contributed by atoms with Crippen LogP contribution in [0.3, 0.4) is 0 Å². The number of carbonyl (C=O) groups excluding carboxylic acids is 1. The Morgan fingerprint density at radius 3 is 3.00 bits per heavy atom. The molecule has 2 fully saturated rings. The van der Waals surface area contributed by atoms with Crippen LogP contribution in [-0.4, -0.2) is 42.5 Å². The highest BCUT2D eigenvalue weighted by Gasteiger charge is 2.56. The van der Waals surface area contributed by atoms with Gasteiger partial charge in [0, 0.05) is 34.3 Å². The van der Waals surface area contributed by atoms with Crippen molar-refractivity contribution >= 4 is 21.7 Å². The smallest absolute Gasteiger partial charge is 0.161 e. The van der Waals surface area contributed by atoms with E-state index >= 15 is 0 Å². The van der Waals surface area contributed by atoms with Crippen LogP contribution in [0.15, 0.2) is 10.5 Å². The summed E-state index contributed by atoms with van der Waals surface area (Å²) in [6.07, 6.45) is 4.02. The van der Waals surface area contributed by atoms with Crippen LogP contribution in [0.5, 0.6) is 11.5 Å². The van der Waals surface area contributed by atoms with E-state index in [0.717, 1.165) is 41.4 Å². The Balaban J connectivity index is 1.99. The van der Waals surface area contributed by atoms with Crippen molar-refractivity contribution in [2.45, 2.75) is 43.6 Å². The minimum atomic E-state index is -0.221. The number of ether oxygens (including phenoxy) is 1. The summed E-state index contributed by atoms with van der Waals surface area (Å²) in [5.41, 5.74) is 1.92. The lowest BCUT2D eigenvalue weighted by Crippen LogP contribution is -2.61. The number of likely N-dealkylation sites (tertiary alicyclic amines) is 1. The first-order chi connectivity index (χ1) is 11.0. The summed E-state index contributed by atoms with van der Waals surface area (Å²) in [7, 11) is 3.77. The molecule has 4 nitrogen and oxygen atoms in total. The molecule has 1 aromatic rings. The molecule has 2 bridgehead atoms. The van der Waals surface area contributed by atoms with Gasteiger partial charge in [-0.05, 0) is 50.4 Å². The molecule has 0 unspecified atom stereocenters. The molecule has 3 atom stereocenters. The second kappa shape index (κ2) is 5.21. The van der Waals surface area contributed by atoms with Gasteiger partial charge in [-0.3, -0.25) is 4.79 Å². The van der Waals surface area contributed by atoms with E-state index in [1.807, 2.05) is 6.07 Å². The van der Waals surface area contributed by atoms with Crippen molar-refractivity contribution in [2.24, 2.45) is 5.92 Å². The zero-order valence-electron chi connectivity index (χ0n) is 13.6. The Morgan fingerprint density at radius 2 is 2.26 bits per heavy atom. The molecule has 3 aliphatic rings. The van der Waals surface area contributed by atoms with Gasteiger partial charge in [0.25, 0.3) is 0 Å². The zero-order valence-corrected chi connectivity index (χ0v) is 15.1. The van der Waals surface area contributed by atoms with Crippen LogP contribution in [0, 0.1) is 5.92 Å². The van der Waals surface area contributed by atoms with Gasteiger partial charge in [-0.15, -0.1) is 0 Å². The predicted molar refractivity (Wildman–Crippen MR) is 91.1 cm³/mol. The molecule has 1 aromatic carbocycles. The summed E-state index contributed by atoms with van der Waals surface area (Å²) in [5.74, 6) is 1.51. The van der Waals surface area contributed by atoms with Crippen molar-refractivity contribution in [3.8, 4) is 11.5 Å². The van der Waals surface area contributed by atoms with E-state index in [2.05, 4.69) is 27.9 Å². The van der Waals surface area contributed by atoms with Gasteiger partial charge in [-0.25, -0.2) is 0 Å². The van der Waals surface area contributed by atoms with Gasteiger partial charge < -0.3 is 14.7 Å². The number of hydrogen-bond acceptors (Lipinski definition) is 4. The number of likely N-dealkylation sites (N-methyl/N-ethyl adjacent to an activating group) is 1. The highest BCUT2D eigenvalue weighted by molar-refractivity contribution is 9.10. The molecule has 1 heterocycles. The van der Waals surface area contributed by atoms with Crippen LogP contribution < -0.4 is 4.74 Å². The Kier molecular flexibility index (Phi) is 3.50. The molecule has 5 heteroatoms. The number of phenols is 1. The third kappa shape index (κ3) is 2.02. The average Bonchev–Trinajstić information content (AvgIpc) is 2.53. The molecule has 1 saturated heterocycles. The van der Waals surface area contributed by atoms with Gasteiger partial charge in [0.2, 0.25) is 0 Å². The molecular weight excluding hydrogens is 358 g/mol. The Labute approximate surface area is 144 Å². The molecule has 0 radical (unpaired) electrons. The van der Waals surface area contributed by atoms with Gasteiger partial charge in [0.05, 0.1) is 7.11 Å². The summed E-state index contributed by atoms with van der Waals surface area (Å²) in [5, 5.41) is 10.9. The lowest BCUT2D eigenvalue weighted by molar-refractivity contribution is -0.127. The number of ketones is 1. The largest absolute Gasteiger partial charge is 0.504 e. The molecule has 0 amide bonds. The quantitative estimate of drug-likeness (QED) is 0.814. The maximum atomic E-state index is 12.3. The number of aromatic hydroxyl groups is 1. The van der Waals surface area contributed by atoms with Gasteiger partial charge >= 0.3 is 0 Å². The number of Topliss-reactive ketones (excluding diaryl/α,β-unsaturated/α-hetero) is 1. The fourth-order valence-corrected chi connectivity index (χ4v) is 5.87. The summed E-state index contributed by atoms with van der Waals surface area (Å²) in [6.45, 7) is 0.974. The molecular formula is C18H22BrNO3. The predicted octanol–water partition coefficient (Wildman–Crippen LogP) is 3.03. The Hall–Kier alpha value is -1.07. The first-order valence-electron chi connectivity index (χ1n) is 8.28. The van der Waals surface area contributed by atoms with E-state index in [-0.39, 0.29) is 11.2 Å². The van der Waals surface area contributed by atoms with Crippen molar-refractivity contribution in [1.82, 2.24) is 4.90 Å². The number of piperidine rings is 1. The van der Waals surface area contributed by atoms with E-state index in [0.29, 0.717) is 36.3 Å². The SMILES string of the molecule is COc1cc(Br)c2c(c1O)[C@@]13CCN(C)[C@@H](C2)[C@@H]1CCC(=O)C3. The number of methoxy groups -OCH3 is 1. The fraction of sp³-hybridized carbons (Fsp3) is 0.611. The number of fused-ring (bicyclic) bond motifs is 1. The van der Waals surface area contributed by atoms with E-state index in [1.54, 1.807) is 7.11 Å². The van der Waals surface area contributed by atoms with Crippen molar-refractivity contribution in [3.63, 3.8) is 0 Å². The first-order valence-corrected chi connectivity index (χ1v) is 9.08. The molecule has 4 rings (SSSR count). The van der Waals surface area contributed by atoms with E-state index in [1.165, 1.54) is 0 Å². The summed E-state index contributed by atoms with van der Waals surface area (Å²) in [4.78, 5) is 14.8. The van der Waals surface area contributed by atoms with Crippen molar-refractivity contribution in [1.29, 1.82) is 0 Å². The molecule has 1 N–H and O–H groups in total. The summed E-state index contributed by atoms with van der Waals surface area (Å²) in [6, 6.07) is 2.30. The van der Waals surface area contributed by atoms with Crippen molar-refractivity contribution < 1.29 is 14.6 Å². The highest BCUT2D eigenvalue weighted by Crippen LogP contribution is 2.59. The second-order valence-electron chi connectivity index (χ2n) is 7.28. The first kappa shape index (κ1) is 15.5. The van der Waals surface area contributed by atoms with E-state index < -0.39 is 0 Å². The molecule has 1 aliphatic heterocycles. The lowest BCUT2D eigenvalue weighted by atomic mass is 9.52. The van der Waals surface area contributed by atoms with Crippen LogP contribution in [0.2, 0.25) is 0 Å². The molecule has 2 aliphatic carbocycles. The van der Waals surface area contributed by atoms with Crippen molar-refractivity contribution in [2.75, 3.05) is 20.7 Å². The van der Waals surface area contributed by atoms with Crippen LogP contribution in [0.25, 0.3) is 0 Å². The minimum Gasteiger partial charge on any atom is -0.504 e. The number of rotatable bonds is 1. The van der Waals surface area contributed by atoms with Crippen LogP contribution >= 0.6 is 15.9 Å². The number of hydrogen-bond donors (Lipinski definition) is 1. The van der Waals surface area contributed by atoms with E-state index in [9.17, 15) is 9.90 Å². The normalized spacial score (nSPS) is 33.1. The fourth-order valence-electron chi connectivity index (χ4n) is 5.30. The summed E-state index contributed by atoms with van der Waals surface area (Å²) < 4.78 is 6.36. The van der Waals surface area contributed by atoms with Gasteiger partial charge in [-0.1, -0.05) is 15.9 Å². The topological polar surface area (TPSA) is 49.8 Å². The molecule has 0 spiro atoms. The monoisotopic (exact) mass is 379 g/mol. The Morgan fingerprint density at radius 1 is 1.48 bits per heavy atom. The molecule has 0 aromatic heterocycles. The van der Waals surface area contributed by atoms with Crippen LogP contribution in [0.4, 0.5) is 0 Å². The highest BCUT2D eigenvalue weighted by atomic mass is 79.9. The maximum Gasteiger partial charge on any atom is 0.161 e. The van der Waals surface area contributed by atoms with Gasteiger partial charge in [0.15, 0.2) is 11.5 Å². The molecule has 124 valence electrons.